The van der Waals surface area contributed by atoms with Crippen LogP contribution in [0.5, 0.6) is 0 Å². The molecule has 176 valence electrons. The van der Waals surface area contributed by atoms with Gasteiger partial charge in [0.2, 0.25) is 15.9 Å². The molecule has 1 saturated heterocycles. The summed E-state index contributed by atoms with van der Waals surface area (Å²) in [6, 6.07) is 2.63. The van der Waals surface area contributed by atoms with Crippen molar-refractivity contribution in [2.45, 2.75) is 12.1 Å². The van der Waals surface area contributed by atoms with Crippen LogP contribution >= 0.6 is 11.6 Å². The largest absolute Gasteiger partial charge is 0.394 e. The first-order valence-electron chi connectivity index (χ1n) is 9.83. The molecule has 33 heavy (non-hydrogen) atoms. The van der Waals surface area contributed by atoms with Crippen molar-refractivity contribution in [3.05, 3.63) is 53.6 Å². The number of hydrogen-bond donors (Lipinski definition) is 2. The second kappa shape index (κ2) is 9.91. The number of rotatable bonds is 6. The van der Waals surface area contributed by atoms with Gasteiger partial charge in [0.25, 0.3) is 5.91 Å². The third-order valence-corrected chi connectivity index (χ3v) is 6.71. The van der Waals surface area contributed by atoms with Crippen molar-refractivity contribution in [1.29, 1.82) is 0 Å². The number of amides is 2. The Balaban J connectivity index is 2.15. The van der Waals surface area contributed by atoms with Crippen LogP contribution in [0.3, 0.4) is 0 Å². The van der Waals surface area contributed by atoms with E-state index in [1.165, 1.54) is 34.7 Å². The van der Waals surface area contributed by atoms with Crippen molar-refractivity contribution in [1.82, 2.24) is 29.5 Å². The predicted molar refractivity (Wildman–Crippen MR) is 121 cm³/mol. The van der Waals surface area contributed by atoms with Gasteiger partial charge in [-0.15, -0.1) is 0 Å². The van der Waals surface area contributed by atoms with E-state index in [9.17, 15) is 23.1 Å². The lowest BCUT2D eigenvalue weighted by molar-refractivity contribution is -0.133. The molecule has 2 aromatic rings. The molecule has 2 amide bonds. The van der Waals surface area contributed by atoms with Crippen molar-refractivity contribution in [2.24, 2.45) is 0 Å². The van der Waals surface area contributed by atoms with Gasteiger partial charge in [-0.1, -0.05) is 18.2 Å². The molecule has 1 aliphatic heterocycles. The number of hydrogen-bond acceptors (Lipinski definition) is 8. The quantitative estimate of drug-likeness (QED) is 0.429. The van der Waals surface area contributed by atoms with E-state index in [1.54, 1.807) is 6.07 Å². The van der Waals surface area contributed by atoms with Gasteiger partial charge in [-0.25, -0.2) is 23.4 Å². The fourth-order valence-electron chi connectivity index (χ4n) is 3.79. The van der Waals surface area contributed by atoms with Crippen LogP contribution in [-0.2, 0) is 14.8 Å². The van der Waals surface area contributed by atoms with E-state index in [2.05, 4.69) is 26.8 Å². The SMILES string of the molecule is C=CC(=O)N1CCN(S(C)(=O)=O)C(c2cc(Cl)nc(-c3cc(C(=O)NC)ncn3)c2)C1CO. The number of sulfonamides is 1. The van der Waals surface area contributed by atoms with Crippen molar-refractivity contribution < 1.29 is 23.1 Å². The Kier molecular flexibility index (Phi) is 7.42. The molecule has 2 unspecified atom stereocenters. The fourth-order valence-corrected chi connectivity index (χ4v) is 5.10. The van der Waals surface area contributed by atoms with Crippen LogP contribution in [0.2, 0.25) is 5.15 Å². The molecule has 13 heteroatoms. The maximum absolute atomic E-state index is 12.6. The van der Waals surface area contributed by atoms with E-state index >= 15 is 0 Å². The third-order valence-electron chi connectivity index (χ3n) is 5.25. The molecule has 2 aromatic heterocycles. The average molecular weight is 495 g/mol. The number of aliphatic hydroxyl groups excluding tert-OH is 1. The Bertz CT molecular complexity index is 1190. The molecule has 2 N–H and O–H groups in total. The van der Waals surface area contributed by atoms with Gasteiger partial charge < -0.3 is 15.3 Å². The van der Waals surface area contributed by atoms with Gasteiger partial charge in [0.1, 0.15) is 17.2 Å². The summed E-state index contributed by atoms with van der Waals surface area (Å²) < 4.78 is 26.4. The fraction of sp³-hybridized carbons (Fsp3) is 0.350. The Morgan fingerprint density at radius 1 is 1.27 bits per heavy atom. The first kappa shape index (κ1) is 24.7. The average Bonchev–Trinajstić information content (AvgIpc) is 2.81. The topological polar surface area (TPSA) is 146 Å². The lowest BCUT2D eigenvalue weighted by atomic mass is 9.95. The molecule has 3 rings (SSSR count). The van der Waals surface area contributed by atoms with Crippen molar-refractivity contribution in [3.63, 3.8) is 0 Å². The number of halogens is 1. The summed E-state index contributed by atoms with van der Waals surface area (Å²) in [6.45, 7) is 3.09. The number of carbonyl (C=O) groups is 2. The van der Waals surface area contributed by atoms with E-state index in [4.69, 9.17) is 11.6 Å². The van der Waals surface area contributed by atoms with Crippen LogP contribution in [0.4, 0.5) is 0 Å². The summed E-state index contributed by atoms with van der Waals surface area (Å²) in [4.78, 5) is 38.0. The lowest BCUT2D eigenvalue weighted by Gasteiger charge is -2.45. The molecule has 0 spiro atoms. The highest BCUT2D eigenvalue weighted by Gasteiger charge is 2.42. The standard InChI is InChI=1S/C20H23ClN6O5S/c1-4-18(29)26-5-6-27(33(3,31)32)19(16(26)10-28)12-7-14(25-17(21)8-12)13-9-15(20(30)22-2)24-11-23-13/h4,7-9,11,16,19,28H,1,5-6,10H2,2-3H3,(H,22,30). The van der Waals surface area contributed by atoms with Crippen molar-refractivity contribution >= 4 is 33.4 Å². The summed E-state index contributed by atoms with van der Waals surface area (Å²) in [5, 5.41) is 12.6. The van der Waals surface area contributed by atoms with Gasteiger partial charge in [0.05, 0.1) is 36.3 Å². The number of aliphatic hydroxyl groups is 1. The highest BCUT2D eigenvalue weighted by molar-refractivity contribution is 7.88. The first-order valence-corrected chi connectivity index (χ1v) is 12.1. The summed E-state index contributed by atoms with van der Waals surface area (Å²) >= 11 is 6.27. The molecule has 0 aromatic carbocycles. The van der Waals surface area contributed by atoms with Crippen LogP contribution in [0.1, 0.15) is 22.1 Å². The number of piperazine rings is 1. The monoisotopic (exact) mass is 494 g/mol. The van der Waals surface area contributed by atoms with Crippen LogP contribution in [-0.4, -0.2) is 88.5 Å². The summed E-state index contributed by atoms with van der Waals surface area (Å²) in [5.74, 6) is -0.853. The van der Waals surface area contributed by atoms with Crippen molar-refractivity contribution in [3.8, 4) is 11.4 Å². The third kappa shape index (κ3) is 5.19. The highest BCUT2D eigenvalue weighted by Crippen LogP contribution is 2.35. The minimum atomic E-state index is -3.72. The summed E-state index contributed by atoms with van der Waals surface area (Å²) in [6.07, 6.45) is 3.37. The number of carbonyl (C=O) groups excluding carboxylic acids is 2. The molecule has 0 radical (unpaired) electrons. The number of nitrogens with one attached hydrogen (secondary N) is 1. The second-order valence-corrected chi connectivity index (χ2v) is 9.60. The molecule has 0 bridgehead atoms. The van der Waals surface area contributed by atoms with Crippen LogP contribution < -0.4 is 5.32 Å². The van der Waals surface area contributed by atoms with E-state index in [-0.39, 0.29) is 35.3 Å². The Hall–Kier alpha value is -2.93. The highest BCUT2D eigenvalue weighted by atomic mass is 35.5. The molecule has 1 aliphatic rings. The van der Waals surface area contributed by atoms with Crippen LogP contribution in [0, 0.1) is 0 Å². The molecular formula is C20H23ClN6O5S. The Morgan fingerprint density at radius 3 is 2.61 bits per heavy atom. The van der Waals surface area contributed by atoms with E-state index in [0.29, 0.717) is 5.56 Å². The summed E-state index contributed by atoms with van der Waals surface area (Å²) in [5.41, 5.74) is 1.06. The zero-order valence-electron chi connectivity index (χ0n) is 18.0. The number of nitrogens with zero attached hydrogens (tertiary/aromatic N) is 5. The minimum Gasteiger partial charge on any atom is -0.394 e. The predicted octanol–water partition coefficient (Wildman–Crippen LogP) is 0.243. The number of aromatic nitrogens is 3. The number of pyridine rings is 1. The molecule has 3 heterocycles. The van der Waals surface area contributed by atoms with E-state index < -0.39 is 40.5 Å². The molecule has 1 fully saturated rings. The van der Waals surface area contributed by atoms with Crippen LogP contribution in [0.25, 0.3) is 11.4 Å². The van der Waals surface area contributed by atoms with Gasteiger partial charge in [-0.05, 0) is 29.8 Å². The second-order valence-electron chi connectivity index (χ2n) is 7.28. The van der Waals surface area contributed by atoms with Gasteiger partial charge in [-0.2, -0.15) is 4.31 Å². The summed E-state index contributed by atoms with van der Waals surface area (Å²) in [7, 11) is -2.25. The van der Waals surface area contributed by atoms with E-state index in [1.807, 2.05) is 0 Å². The Morgan fingerprint density at radius 2 is 2.00 bits per heavy atom. The molecule has 0 aliphatic carbocycles. The van der Waals surface area contributed by atoms with Gasteiger partial charge in [0, 0.05) is 20.1 Å². The zero-order valence-corrected chi connectivity index (χ0v) is 19.5. The zero-order chi connectivity index (χ0) is 24.3. The molecule has 11 nitrogen and oxygen atoms in total. The molecular weight excluding hydrogens is 472 g/mol. The van der Waals surface area contributed by atoms with Gasteiger partial charge in [0.15, 0.2) is 0 Å². The maximum Gasteiger partial charge on any atom is 0.269 e. The van der Waals surface area contributed by atoms with Crippen LogP contribution in [0.15, 0.2) is 37.2 Å². The lowest BCUT2D eigenvalue weighted by Crippen LogP contribution is -2.58. The Labute approximate surface area is 196 Å². The molecule has 0 saturated carbocycles. The first-order chi connectivity index (χ1) is 15.6. The molecule has 2 atom stereocenters. The van der Waals surface area contributed by atoms with E-state index in [0.717, 1.165) is 12.3 Å². The minimum absolute atomic E-state index is 0.0170. The normalized spacial score (nSPS) is 19.2. The van der Waals surface area contributed by atoms with Crippen molar-refractivity contribution in [2.75, 3.05) is 33.0 Å². The van der Waals surface area contributed by atoms with Gasteiger partial charge >= 0.3 is 0 Å². The maximum atomic E-state index is 12.6. The van der Waals surface area contributed by atoms with Gasteiger partial charge in [-0.3, -0.25) is 9.59 Å². The smallest absolute Gasteiger partial charge is 0.269 e.